The fourth-order valence-corrected chi connectivity index (χ4v) is 0.953. The average Bonchev–Trinajstić information content (AvgIpc) is 2.04. The Kier molecular flexibility index (Phi) is 4.75. The maximum atomic E-state index is 12.9. The van der Waals surface area contributed by atoms with Crippen molar-refractivity contribution in [1.82, 2.24) is 0 Å². The van der Waals surface area contributed by atoms with E-state index in [1.807, 2.05) is 0 Å². The van der Waals surface area contributed by atoms with Gasteiger partial charge in [0.2, 0.25) is 0 Å². The van der Waals surface area contributed by atoms with Crippen molar-refractivity contribution in [2.24, 2.45) is 0 Å². The second-order valence-electron chi connectivity index (χ2n) is 2.56. The van der Waals surface area contributed by atoms with Crippen molar-refractivity contribution in [3.05, 3.63) is 35.6 Å². The number of carbonyl (C=O) groups excluding carboxylic acids is 1. The van der Waals surface area contributed by atoms with Crippen LogP contribution < -0.4 is 24.0 Å². The minimum atomic E-state index is -1.26. The van der Waals surface area contributed by atoms with Gasteiger partial charge in [-0.15, -0.1) is 0 Å². The van der Waals surface area contributed by atoms with E-state index in [-0.39, 0.29) is 24.4 Å². The zero-order chi connectivity index (χ0) is 9.14. The number of hydrogen-bond acceptors (Lipinski definition) is 2. The molecule has 0 bridgehead atoms. The van der Waals surface area contributed by atoms with Crippen LogP contribution in [0.4, 0.5) is 4.39 Å². The van der Waals surface area contributed by atoms with Crippen molar-refractivity contribution in [3.63, 3.8) is 0 Å². The Morgan fingerprint density at radius 3 is 2.46 bits per heavy atom. The summed E-state index contributed by atoms with van der Waals surface area (Å²) in [6, 6.07) is 5.78. The topological polar surface area (TPSA) is 40.1 Å². The molecule has 1 atom stereocenters. The van der Waals surface area contributed by atoms with Crippen LogP contribution in [-0.4, -0.2) is 5.97 Å². The van der Waals surface area contributed by atoms with Crippen molar-refractivity contribution in [3.8, 4) is 0 Å². The van der Waals surface area contributed by atoms with Crippen molar-refractivity contribution < 1.29 is 33.2 Å². The van der Waals surface area contributed by atoms with E-state index in [1.165, 1.54) is 25.1 Å². The Morgan fingerprint density at radius 1 is 1.46 bits per heavy atom. The third-order valence-corrected chi connectivity index (χ3v) is 1.73. The van der Waals surface area contributed by atoms with Crippen LogP contribution in [0.25, 0.3) is 0 Å². The number of benzene rings is 1. The molecule has 0 saturated heterocycles. The fraction of sp³-hybridized carbons (Fsp3) is 0.222. The van der Waals surface area contributed by atoms with Gasteiger partial charge in [-0.3, -0.25) is 0 Å². The molecule has 0 aliphatic rings. The van der Waals surface area contributed by atoms with E-state index < -0.39 is 17.7 Å². The van der Waals surface area contributed by atoms with E-state index in [9.17, 15) is 14.3 Å². The Morgan fingerprint density at radius 2 is 2.00 bits per heavy atom. The van der Waals surface area contributed by atoms with Gasteiger partial charge in [0.05, 0.1) is 0 Å². The number of halogens is 1. The fourth-order valence-electron chi connectivity index (χ4n) is 0.953. The van der Waals surface area contributed by atoms with E-state index in [2.05, 4.69) is 0 Å². The monoisotopic (exact) mass is 174 g/mol. The van der Waals surface area contributed by atoms with Gasteiger partial charge in [0.15, 0.2) is 0 Å². The molecule has 0 heterocycles. The molecule has 0 saturated carbocycles. The van der Waals surface area contributed by atoms with Gasteiger partial charge in [-0.25, -0.2) is 4.39 Å². The second-order valence-corrected chi connectivity index (χ2v) is 2.56. The van der Waals surface area contributed by atoms with Gasteiger partial charge in [0.1, 0.15) is 5.82 Å². The number of carboxylic acids is 1. The SMILES string of the molecule is CC(C(=O)[O-])c1ccccc1F.[Li+]. The zero-order valence-corrected chi connectivity index (χ0v) is 7.58. The summed E-state index contributed by atoms with van der Waals surface area (Å²) in [6.45, 7) is 1.40. The van der Waals surface area contributed by atoms with Crippen LogP contribution in [0.1, 0.15) is 18.4 Å². The first-order valence-electron chi connectivity index (χ1n) is 3.58. The first kappa shape index (κ1) is 12.2. The van der Waals surface area contributed by atoms with Gasteiger partial charge in [0.25, 0.3) is 0 Å². The van der Waals surface area contributed by atoms with E-state index in [4.69, 9.17) is 0 Å². The minimum absolute atomic E-state index is 0. The van der Waals surface area contributed by atoms with Crippen molar-refractivity contribution in [1.29, 1.82) is 0 Å². The predicted octanol–water partition coefficient (Wildman–Crippen LogP) is -2.32. The number of rotatable bonds is 2. The molecule has 1 unspecified atom stereocenters. The molecule has 0 radical (unpaired) electrons. The van der Waals surface area contributed by atoms with Crippen LogP contribution in [0.15, 0.2) is 24.3 Å². The molecule has 0 aromatic heterocycles. The molecule has 64 valence electrons. The molecule has 4 heteroatoms. The Labute approximate surface area is 87.9 Å². The van der Waals surface area contributed by atoms with Gasteiger partial charge in [-0.05, 0) is 11.6 Å². The van der Waals surface area contributed by atoms with E-state index >= 15 is 0 Å². The smallest absolute Gasteiger partial charge is 0.550 e. The maximum absolute atomic E-state index is 12.9. The summed E-state index contributed by atoms with van der Waals surface area (Å²) in [5.74, 6) is -2.67. The van der Waals surface area contributed by atoms with Crippen LogP contribution in [0, 0.1) is 5.82 Å². The summed E-state index contributed by atoms with van der Waals surface area (Å²) >= 11 is 0. The van der Waals surface area contributed by atoms with Crippen molar-refractivity contribution in [2.45, 2.75) is 12.8 Å². The quantitative estimate of drug-likeness (QED) is 0.472. The summed E-state index contributed by atoms with van der Waals surface area (Å²) in [5.41, 5.74) is 0.164. The Balaban J connectivity index is 0.00000144. The minimum Gasteiger partial charge on any atom is -0.550 e. The molecular formula is C9H8FLiO2. The van der Waals surface area contributed by atoms with E-state index in [1.54, 1.807) is 6.07 Å². The van der Waals surface area contributed by atoms with Gasteiger partial charge in [-0.2, -0.15) is 0 Å². The Hall–Kier alpha value is -0.783. The molecular weight excluding hydrogens is 166 g/mol. The summed E-state index contributed by atoms with van der Waals surface area (Å²) in [4.78, 5) is 10.4. The molecule has 1 aromatic carbocycles. The molecule has 0 N–H and O–H groups in total. The Bertz CT molecular complexity index is 301. The average molecular weight is 174 g/mol. The third-order valence-electron chi connectivity index (χ3n) is 1.73. The van der Waals surface area contributed by atoms with Gasteiger partial charge in [-0.1, -0.05) is 25.1 Å². The summed E-state index contributed by atoms with van der Waals surface area (Å²) in [7, 11) is 0. The van der Waals surface area contributed by atoms with Crippen LogP contribution >= 0.6 is 0 Å². The standard InChI is InChI=1S/C9H9FO2.Li/c1-6(9(11)12)7-4-2-3-5-8(7)10;/h2-6H,1H3,(H,11,12);/q;+1/p-1. The van der Waals surface area contributed by atoms with Gasteiger partial charge >= 0.3 is 18.9 Å². The first-order chi connectivity index (χ1) is 5.63. The van der Waals surface area contributed by atoms with E-state index in [0.29, 0.717) is 0 Å². The predicted molar refractivity (Wildman–Crippen MR) is 39.8 cm³/mol. The van der Waals surface area contributed by atoms with Gasteiger partial charge in [0, 0.05) is 11.9 Å². The van der Waals surface area contributed by atoms with Gasteiger partial charge < -0.3 is 9.90 Å². The number of carboxylic acid groups (broad SMARTS) is 1. The van der Waals surface area contributed by atoms with Crippen LogP contribution in [-0.2, 0) is 4.79 Å². The summed E-state index contributed by atoms with van der Waals surface area (Å²) in [6.07, 6.45) is 0. The molecule has 0 amide bonds. The van der Waals surface area contributed by atoms with Crippen LogP contribution in [0.5, 0.6) is 0 Å². The molecule has 0 spiro atoms. The number of carbonyl (C=O) groups is 1. The largest absolute Gasteiger partial charge is 1.00 e. The molecule has 0 aliphatic carbocycles. The molecule has 1 rings (SSSR count). The van der Waals surface area contributed by atoms with Crippen LogP contribution in [0.3, 0.4) is 0 Å². The maximum Gasteiger partial charge on any atom is 1.00 e. The molecule has 0 aliphatic heterocycles. The van der Waals surface area contributed by atoms with Crippen molar-refractivity contribution in [2.75, 3.05) is 0 Å². The van der Waals surface area contributed by atoms with Crippen molar-refractivity contribution >= 4 is 5.97 Å². The third kappa shape index (κ3) is 2.87. The first-order valence-corrected chi connectivity index (χ1v) is 3.58. The van der Waals surface area contributed by atoms with Crippen LogP contribution in [0.2, 0.25) is 0 Å². The number of aliphatic carboxylic acids is 1. The zero-order valence-electron chi connectivity index (χ0n) is 7.58. The number of hydrogen-bond donors (Lipinski definition) is 0. The summed E-state index contributed by atoms with van der Waals surface area (Å²) < 4.78 is 12.9. The second kappa shape index (κ2) is 5.06. The van der Waals surface area contributed by atoms with E-state index in [0.717, 1.165) is 0 Å². The molecule has 0 fully saturated rings. The molecule has 13 heavy (non-hydrogen) atoms. The summed E-state index contributed by atoms with van der Waals surface area (Å²) in [5, 5.41) is 10.4. The molecule has 1 aromatic rings. The molecule has 2 nitrogen and oxygen atoms in total. The normalized spacial score (nSPS) is 11.5.